The number of hydrogen-bond acceptors (Lipinski definition) is 2. The monoisotopic (exact) mass is 352 g/mol. The fraction of sp³-hybridized carbons (Fsp3) is 0.125. The van der Waals surface area contributed by atoms with Crippen molar-refractivity contribution in [1.82, 2.24) is 0 Å². The van der Waals surface area contributed by atoms with Crippen molar-refractivity contribution >= 4 is 46.4 Å². The molecule has 0 spiro atoms. The minimum absolute atomic E-state index is 0.0151. The Hall–Kier alpha value is -2.11. The van der Waals surface area contributed by atoms with Crippen LogP contribution in [0.15, 0.2) is 36.4 Å². The highest BCUT2D eigenvalue weighted by Crippen LogP contribution is 2.34. The van der Waals surface area contributed by atoms with Gasteiger partial charge in [0.1, 0.15) is 5.82 Å². The van der Waals surface area contributed by atoms with Gasteiger partial charge in [-0.25, -0.2) is 4.39 Å². The highest BCUT2D eigenvalue weighted by molar-refractivity contribution is 6.35. The average molecular weight is 353 g/mol. The molecule has 0 saturated carbocycles. The third-order valence-electron chi connectivity index (χ3n) is 3.50. The number of fused-ring (bicyclic) bond motifs is 1. The number of amides is 2. The van der Waals surface area contributed by atoms with Crippen molar-refractivity contribution in [2.24, 2.45) is 0 Å². The molecule has 0 fully saturated rings. The third kappa shape index (κ3) is 3.46. The van der Waals surface area contributed by atoms with Crippen LogP contribution in [0.2, 0.25) is 10.0 Å². The Kier molecular flexibility index (Phi) is 4.24. The summed E-state index contributed by atoms with van der Waals surface area (Å²) >= 11 is 11.8. The van der Waals surface area contributed by atoms with Crippen LogP contribution in [-0.2, 0) is 9.59 Å². The maximum Gasteiger partial charge on any atom is 0.232 e. The first kappa shape index (κ1) is 15.8. The summed E-state index contributed by atoms with van der Waals surface area (Å²) in [6.45, 7) is 0. The Morgan fingerprint density at radius 3 is 2.57 bits per heavy atom. The van der Waals surface area contributed by atoms with Crippen LogP contribution in [0.3, 0.4) is 0 Å². The number of anilines is 2. The van der Waals surface area contributed by atoms with Crippen LogP contribution in [0.5, 0.6) is 0 Å². The molecule has 1 atom stereocenters. The van der Waals surface area contributed by atoms with Gasteiger partial charge in [-0.1, -0.05) is 29.3 Å². The maximum absolute atomic E-state index is 13.3. The lowest BCUT2D eigenvalue weighted by molar-refractivity contribution is -0.123. The summed E-state index contributed by atoms with van der Waals surface area (Å²) < 4.78 is 13.3. The zero-order valence-corrected chi connectivity index (χ0v) is 13.2. The number of nitrogens with one attached hydrogen (secondary N) is 2. The Morgan fingerprint density at radius 1 is 1.17 bits per heavy atom. The van der Waals surface area contributed by atoms with Crippen LogP contribution < -0.4 is 10.6 Å². The van der Waals surface area contributed by atoms with Crippen LogP contribution in [0.4, 0.5) is 15.8 Å². The van der Waals surface area contributed by atoms with Crippen molar-refractivity contribution in [1.29, 1.82) is 0 Å². The standard InChI is InChI=1S/C16H11Cl2FN2O2/c17-8-3-9(18)5-11(4-8)20-16(23)13-7-15(22)21-14-6-10(19)1-2-12(13)14/h1-6,13H,7H2,(H,20,23)(H,21,22)/t13-/m0/s1. The molecule has 3 rings (SSSR count). The summed E-state index contributed by atoms with van der Waals surface area (Å²) in [6, 6.07) is 8.61. The molecule has 0 saturated heterocycles. The zero-order valence-electron chi connectivity index (χ0n) is 11.7. The minimum atomic E-state index is -0.711. The maximum atomic E-state index is 13.3. The number of halogens is 3. The number of carbonyl (C=O) groups is 2. The molecule has 7 heteroatoms. The fourth-order valence-corrected chi connectivity index (χ4v) is 3.05. The van der Waals surface area contributed by atoms with Gasteiger partial charge in [0.05, 0.1) is 5.92 Å². The molecule has 118 valence electrons. The summed E-state index contributed by atoms with van der Waals surface area (Å²) in [6.07, 6.45) is -0.0151. The van der Waals surface area contributed by atoms with Gasteiger partial charge in [-0.3, -0.25) is 9.59 Å². The van der Waals surface area contributed by atoms with Crippen molar-refractivity contribution < 1.29 is 14.0 Å². The Balaban J connectivity index is 1.89. The summed E-state index contributed by atoms with van der Waals surface area (Å²) in [7, 11) is 0. The lowest BCUT2D eigenvalue weighted by Crippen LogP contribution is -2.30. The average Bonchev–Trinajstić information content (AvgIpc) is 2.44. The number of carbonyl (C=O) groups excluding carboxylic acids is 2. The molecule has 0 bridgehead atoms. The molecule has 0 aliphatic carbocycles. The van der Waals surface area contributed by atoms with Gasteiger partial charge in [0.25, 0.3) is 0 Å². The number of benzene rings is 2. The predicted molar refractivity (Wildman–Crippen MR) is 87.5 cm³/mol. The van der Waals surface area contributed by atoms with Crippen molar-refractivity contribution in [3.8, 4) is 0 Å². The van der Waals surface area contributed by atoms with Crippen LogP contribution >= 0.6 is 23.2 Å². The second-order valence-corrected chi connectivity index (χ2v) is 6.06. The molecular weight excluding hydrogens is 342 g/mol. The van der Waals surface area contributed by atoms with Gasteiger partial charge in [-0.05, 0) is 35.9 Å². The van der Waals surface area contributed by atoms with E-state index >= 15 is 0 Å². The number of rotatable bonds is 2. The Bertz CT molecular complexity index is 790. The van der Waals surface area contributed by atoms with Gasteiger partial charge >= 0.3 is 0 Å². The van der Waals surface area contributed by atoms with E-state index < -0.39 is 11.7 Å². The van der Waals surface area contributed by atoms with E-state index in [0.29, 0.717) is 27.0 Å². The molecular formula is C16H11Cl2FN2O2. The van der Waals surface area contributed by atoms with E-state index in [4.69, 9.17) is 23.2 Å². The molecule has 2 aromatic carbocycles. The van der Waals surface area contributed by atoms with Crippen LogP contribution in [0, 0.1) is 5.82 Å². The normalized spacial score (nSPS) is 16.5. The van der Waals surface area contributed by atoms with Gasteiger partial charge in [0.15, 0.2) is 0 Å². The van der Waals surface area contributed by atoms with Crippen LogP contribution in [0.1, 0.15) is 17.9 Å². The van der Waals surface area contributed by atoms with Crippen molar-refractivity contribution in [3.05, 3.63) is 57.8 Å². The lowest BCUT2D eigenvalue weighted by Gasteiger charge is -2.25. The largest absolute Gasteiger partial charge is 0.326 e. The van der Waals surface area contributed by atoms with E-state index in [1.54, 1.807) is 18.2 Å². The molecule has 2 amide bonds. The summed E-state index contributed by atoms with van der Waals surface area (Å²) in [4.78, 5) is 24.3. The SMILES string of the molecule is O=C1C[C@H](C(=O)Nc2cc(Cl)cc(Cl)c2)c2ccc(F)cc2N1. The van der Waals surface area contributed by atoms with Crippen LogP contribution in [0.25, 0.3) is 0 Å². The van der Waals surface area contributed by atoms with E-state index in [1.807, 2.05) is 0 Å². The molecule has 1 heterocycles. The molecule has 0 radical (unpaired) electrons. The van der Waals surface area contributed by atoms with Gasteiger partial charge in [0.2, 0.25) is 11.8 Å². The van der Waals surface area contributed by atoms with E-state index in [1.165, 1.54) is 18.2 Å². The second-order valence-electron chi connectivity index (χ2n) is 5.18. The van der Waals surface area contributed by atoms with Gasteiger partial charge in [-0.15, -0.1) is 0 Å². The Labute approximate surface area is 141 Å². The van der Waals surface area contributed by atoms with Gasteiger partial charge in [0, 0.05) is 27.8 Å². The smallest absolute Gasteiger partial charge is 0.232 e. The molecule has 1 aliphatic rings. The second kappa shape index (κ2) is 6.18. The zero-order chi connectivity index (χ0) is 16.6. The highest BCUT2D eigenvalue weighted by Gasteiger charge is 2.31. The summed E-state index contributed by atoms with van der Waals surface area (Å²) in [5, 5.41) is 6.03. The Morgan fingerprint density at radius 2 is 1.87 bits per heavy atom. The van der Waals surface area contributed by atoms with Crippen molar-refractivity contribution in [2.75, 3.05) is 10.6 Å². The quantitative estimate of drug-likeness (QED) is 0.850. The fourth-order valence-electron chi connectivity index (χ4n) is 2.53. The predicted octanol–water partition coefficient (Wildman–Crippen LogP) is 4.20. The highest BCUT2D eigenvalue weighted by atomic mass is 35.5. The lowest BCUT2D eigenvalue weighted by atomic mass is 9.89. The third-order valence-corrected chi connectivity index (χ3v) is 3.94. The van der Waals surface area contributed by atoms with E-state index in [0.717, 1.165) is 0 Å². The molecule has 23 heavy (non-hydrogen) atoms. The first-order valence-corrected chi connectivity index (χ1v) is 7.54. The van der Waals surface area contributed by atoms with Crippen LogP contribution in [-0.4, -0.2) is 11.8 Å². The minimum Gasteiger partial charge on any atom is -0.326 e. The van der Waals surface area contributed by atoms with E-state index in [9.17, 15) is 14.0 Å². The van der Waals surface area contributed by atoms with Crippen molar-refractivity contribution in [3.63, 3.8) is 0 Å². The molecule has 0 unspecified atom stereocenters. The summed E-state index contributed by atoms with van der Waals surface area (Å²) in [5.41, 5.74) is 1.31. The van der Waals surface area contributed by atoms with Crippen molar-refractivity contribution in [2.45, 2.75) is 12.3 Å². The van der Waals surface area contributed by atoms with E-state index in [2.05, 4.69) is 10.6 Å². The first-order chi connectivity index (χ1) is 10.9. The molecule has 2 N–H and O–H groups in total. The molecule has 1 aliphatic heterocycles. The molecule has 0 aromatic heterocycles. The van der Waals surface area contributed by atoms with E-state index in [-0.39, 0.29) is 18.2 Å². The topological polar surface area (TPSA) is 58.2 Å². The molecule has 2 aromatic rings. The first-order valence-electron chi connectivity index (χ1n) is 6.78. The summed E-state index contributed by atoms with van der Waals surface area (Å²) in [5.74, 6) is -1.91. The number of hydrogen-bond donors (Lipinski definition) is 2. The van der Waals surface area contributed by atoms with Gasteiger partial charge < -0.3 is 10.6 Å². The van der Waals surface area contributed by atoms with Gasteiger partial charge in [-0.2, -0.15) is 0 Å². The molecule has 4 nitrogen and oxygen atoms in total.